The number of hydrogen-bond donors (Lipinski definition) is 0. The molecule has 0 unspecified atom stereocenters. The molecule has 0 aliphatic rings. The summed E-state index contributed by atoms with van der Waals surface area (Å²) in [6.07, 6.45) is 3.36. The Hall–Kier alpha value is -2.59. The summed E-state index contributed by atoms with van der Waals surface area (Å²) in [6.45, 7) is 2.45. The van der Waals surface area contributed by atoms with Gasteiger partial charge in [-0.05, 0) is 63.5 Å². The van der Waals surface area contributed by atoms with Gasteiger partial charge in [-0.25, -0.2) is 0 Å². The number of methoxy groups -OCH3 is 1. The normalized spacial score (nSPS) is 11.0. The maximum absolute atomic E-state index is 12.5. The van der Waals surface area contributed by atoms with Gasteiger partial charge in [0.15, 0.2) is 17.3 Å². The van der Waals surface area contributed by atoms with Crippen LogP contribution >= 0.6 is 15.9 Å². The number of carbonyl (C=O) groups is 1. The Labute approximate surface area is 161 Å². The minimum Gasteiger partial charge on any atom is -0.492 e. The minimum absolute atomic E-state index is 0.0411. The molecule has 0 saturated carbocycles. The van der Waals surface area contributed by atoms with Gasteiger partial charge in [-0.3, -0.25) is 4.79 Å². The second-order valence-electron chi connectivity index (χ2n) is 5.73. The summed E-state index contributed by atoms with van der Waals surface area (Å²) >= 11 is 3.48. The van der Waals surface area contributed by atoms with Gasteiger partial charge in [0.2, 0.25) is 0 Å². The van der Waals surface area contributed by atoms with Crippen LogP contribution in [0.5, 0.6) is 11.5 Å². The molecule has 4 heteroatoms. The van der Waals surface area contributed by atoms with Crippen molar-refractivity contribution in [1.29, 1.82) is 0 Å². The van der Waals surface area contributed by atoms with Gasteiger partial charge in [0.25, 0.3) is 0 Å². The third-order valence-corrected chi connectivity index (χ3v) is 4.59. The number of hydrogen-bond acceptors (Lipinski definition) is 3. The summed E-state index contributed by atoms with van der Waals surface area (Å²) in [7, 11) is 1.60. The second kappa shape index (κ2) is 8.19. The Balaban J connectivity index is 1.87. The lowest BCUT2D eigenvalue weighted by molar-refractivity contribution is 0.104. The monoisotopic (exact) mass is 410 g/mol. The molecule has 0 fully saturated rings. The van der Waals surface area contributed by atoms with Gasteiger partial charge < -0.3 is 9.47 Å². The molecule has 3 aromatic carbocycles. The van der Waals surface area contributed by atoms with E-state index in [2.05, 4.69) is 15.9 Å². The largest absolute Gasteiger partial charge is 0.492 e. The number of ether oxygens (including phenoxy) is 2. The maximum Gasteiger partial charge on any atom is 0.185 e. The quantitative estimate of drug-likeness (QED) is 0.374. The average Bonchev–Trinajstić information content (AvgIpc) is 2.66. The Morgan fingerprint density at radius 2 is 1.85 bits per heavy atom. The smallest absolute Gasteiger partial charge is 0.185 e. The molecule has 3 nitrogen and oxygen atoms in total. The first kappa shape index (κ1) is 18.2. The SMILES string of the molecule is CCOc1cc(/C=C/C(=O)c2ccc3ccccc3c2)cc(Br)c1OC. The van der Waals surface area contributed by atoms with Crippen molar-refractivity contribution in [2.24, 2.45) is 0 Å². The summed E-state index contributed by atoms with van der Waals surface area (Å²) in [5, 5.41) is 2.17. The Bertz CT molecular complexity index is 976. The number of rotatable bonds is 6. The van der Waals surface area contributed by atoms with Gasteiger partial charge in [-0.2, -0.15) is 0 Å². The van der Waals surface area contributed by atoms with Crippen LogP contribution in [-0.2, 0) is 0 Å². The van der Waals surface area contributed by atoms with E-state index in [1.54, 1.807) is 19.3 Å². The van der Waals surface area contributed by atoms with Crippen LogP contribution in [0.3, 0.4) is 0 Å². The van der Waals surface area contributed by atoms with E-state index in [0.29, 0.717) is 23.7 Å². The third-order valence-electron chi connectivity index (χ3n) is 4.00. The van der Waals surface area contributed by atoms with Crippen molar-refractivity contribution in [3.63, 3.8) is 0 Å². The molecule has 0 spiro atoms. The van der Waals surface area contributed by atoms with Crippen LogP contribution in [0.25, 0.3) is 16.8 Å². The molecule has 0 aliphatic carbocycles. The molecule has 0 bridgehead atoms. The topological polar surface area (TPSA) is 35.5 Å². The fraction of sp³-hybridized carbons (Fsp3) is 0.136. The van der Waals surface area contributed by atoms with Crippen LogP contribution in [-0.4, -0.2) is 19.5 Å². The molecule has 0 atom stereocenters. The van der Waals surface area contributed by atoms with Crippen LogP contribution in [0, 0.1) is 0 Å². The molecule has 0 radical (unpaired) electrons. The van der Waals surface area contributed by atoms with Crippen molar-refractivity contribution in [2.75, 3.05) is 13.7 Å². The lowest BCUT2D eigenvalue weighted by atomic mass is 10.0. The van der Waals surface area contributed by atoms with Gasteiger partial charge in [-0.1, -0.05) is 42.5 Å². The number of allylic oxidation sites excluding steroid dienone is 1. The van der Waals surface area contributed by atoms with Crippen LogP contribution in [0.15, 0.2) is 65.1 Å². The fourth-order valence-electron chi connectivity index (χ4n) is 2.76. The summed E-state index contributed by atoms with van der Waals surface area (Å²) < 4.78 is 11.8. The molecule has 0 aromatic heterocycles. The van der Waals surface area contributed by atoms with Gasteiger partial charge in [-0.15, -0.1) is 0 Å². The Morgan fingerprint density at radius 1 is 1.08 bits per heavy atom. The van der Waals surface area contributed by atoms with Crippen molar-refractivity contribution in [3.8, 4) is 11.5 Å². The lowest BCUT2D eigenvalue weighted by Crippen LogP contribution is -1.97. The van der Waals surface area contributed by atoms with E-state index < -0.39 is 0 Å². The third kappa shape index (κ3) is 3.97. The summed E-state index contributed by atoms with van der Waals surface area (Å²) in [4.78, 5) is 12.5. The summed E-state index contributed by atoms with van der Waals surface area (Å²) in [5.74, 6) is 1.24. The highest BCUT2D eigenvalue weighted by Crippen LogP contribution is 2.37. The van der Waals surface area contributed by atoms with Gasteiger partial charge >= 0.3 is 0 Å². The van der Waals surface area contributed by atoms with Gasteiger partial charge in [0.05, 0.1) is 18.2 Å². The first-order valence-corrected chi connectivity index (χ1v) is 9.13. The second-order valence-corrected chi connectivity index (χ2v) is 6.58. The summed E-state index contributed by atoms with van der Waals surface area (Å²) in [6, 6.07) is 17.5. The van der Waals surface area contributed by atoms with E-state index in [4.69, 9.17) is 9.47 Å². The number of benzene rings is 3. The Kier molecular flexibility index (Phi) is 5.74. The van der Waals surface area contributed by atoms with Crippen molar-refractivity contribution in [3.05, 3.63) is 76.3 Å². The highest BCUT2D eigenvalue weighted by atomic mass is 79.9. The minimum atomic E-state index is -0.0411. The molecule has 0 aliphatic heterocycles. The molecule has 0 heterocycles. The van der Waals surface area contributed by atoms with Crippen molar-refractivity contribution >= 4 is 38.6 Å². The predicted octanol–water partition coefficient (Wildman–Crippen LogP) is 5.91. The van der Waals surface area contributed by atoms with Crippen LogP contribution in [0.2, 0.25) is 0 Å². The first-order chi connectivity index (χ1) is 12.6. The zero-order valence-electron chi connectivity index (χ0n) is 14.7. The van der Waals surface area contributed by atoms with E-state index in [1.807, 2.05) is 61.5 Å². The van der Waals surface area contributed by atoms with Crippen LogP contribution in [0.4, 0.5) is 0 Å². The molecule has 0 amide bonds. The van der Waals surface area contributed by atoms with Gasteiger partial charge in [0, 0.05) is 5.56 Å². The van der Waals surface area contributed by atoms with Crippen molar-refractivity contribution in [2.45, 2.75) is 6.92 Å². The fourth-order valence-corrected chi connectivity index (χ4v) is 3.38. The maximum atomic E-state index is 12.5. The molecular formula is C22H19BrO3. The molecule has 132 valence electrons. The summed E-state index contributed by atoms with van der Waals surface area (Å²) in [5.41, 5.74) is 1.52. The first-order valence-electron chi connectivity index (χ1n) is 8.34. The number of ketones is 1. The molecule has 3 rings (SSSR count). The highest BCUT2D eigenvalue weighted by molar-refractivity contribution is 9.10. The van der Waals surface area contributed by atoms with E-state index in [9.17, 15) is 4.79 Å². The van der Waals surface area contributed by atoms with Gasteiger partial charge in [0.1, 0.15) is 0 Å². The molecule has 0 saturated heterocycles. The zero-order valence-corrected chi connectivity index (χ0v) is 16.2. The van der Waals surface area contributed by atoms with Crippen LogP contribution in [0.1, 0.15) is 22.8 Å². The zero-order chi connectivity index (χ0) is 18.5. The number of halogens is 1. The number of fused-ring (bicyclic) bond motifs is 1. The van der Waals surface area contributed by atoms with Crippen molar-refractivity contribution < 1.29 is 14.3 Å². The molecular weight excluding hydrogens is 392 g/mol. The van der Waals surface area contributed by atoms with E-state index in [-0.39, 0.29) is 5.78 Å². The molecule has 3 aromatic rings. The molecule has 26 heavy (non-hydrogen) atoms. The van der Waals surface area contributed by atoms with E-state index in [0.717, 1.165) is 20.8 Å². The number of carbonyl (C=O) groups excluding carboxylic acids is 1. The van der Waals surface area contributed by atoms with E-state index in [1.165, 1.54) is 0 Å². The lowest BCUT2D eigenvalue weighted by Gasteiger charge is -2.12. The van der Waals surface area contributed by atoms with Crippen molar-refractivity contribution in [1.82, 2.24) is 0 Å². The highest BCUT2D eigenvalue weighted by Gasteiger charge is 2.10. The standard InChI is InChI=1S/C22H19BrO3/c1-3-26-21-13-15(12-19(23)22(21)25-2)8-11-20(24)18-10-9-16-6-4-5-7-17(16)14-18/h4-14H,3H2,1-2H3/b11-8+. The predicted molar refractivity (Wildman–Crippen MR) is 109 cm³/mol. The van der Waals surface area contributed by atoms with Crippen LogP contribution < -0.4 is 9.47 Å². The van der Waals surface area contributed by atoms with E-state index >= 15 is 0 Å². The Morgan fingerprint density at radius 3 is 2.58 bits per heavy atom. The average molecular weight is 411 g/mol. The molecule has 0 N–H and O–H groups in total.